The first-order valence-corrected chi connectivity index (χ1v) is 10.8. The molecule has 160 valence electrons. The van der Waals surface area contributed by atoms with Gasteiger partial charge < -0.3 is 19.5 Å². The summed E-state index contributed by atoms with van der Waals surface area (Å²) in [4.78, 5) is 18.6. The van der Waals surface area contributed by atoms with Crippen molar-refractivity contribution in [1.29, 1.82) is 0 Å². The molecule has 0 saturated carbocycles. The zero-order chi connectivity index (χ0) is 21.3. The molecule has 1 aliphatic carbocycles. The Hall–Kier alpha value is -2.60. The van der Waals surface area contributed by atoms with Crippen LogP contribution < -0.4 is 4.74 Å². The van der Waals surface area contributed by atoms with Crippen LogP contribution in [0.2, 0.25) is 0 Å². The van der Waals surface area contributed by atoms with Crippen LogP contribution in [0.4, 0.5) is 4.79 Å². The van der Waals surface area contributed by atoms with Crippen LogP contribution in [0, 0.1) is 12.8 Å². The maximum absolute atomic E-state index is 12.4. The zero-order valence-corrected chi connectivity index (χ0v) is 18.0. The number of pyridine rings is 1. The lowest BCUT2D eigenvalue weighted by atomic mass is 9.72. The molecule has 1 aromatic carbocycles. The van der Waals surface area contributed by atoms with E-state index in [1.165, 1.54) is 0 Å². The van der Waals surface area contributed by atoms with E-state index in [-0.39, 0.29) is 12.0 Å². The highest BCUT2D eigenvalue weighted by atomic mass is 16.6. The summed E-state index contributed by atoms with van der Waals surface area (Å²) in [5.74, 6) is 0.629. The van der Waals surface area contributed by atoms with Gasteiger partial charge in [-0.2, -0.15) is 0 Å². The van der Waals surface area contributed by atoms with Crippen molar-refractivity contribution in [2.75, 3.05) is 26.8 Å². The maximum atomic E-state index is 12.4. The van der Waals surface area contributed by atoms with E-state index in [1.807, 2.05) is 19.1 Å². The van der Waals surface area contributed by atoms with Gasteiger partial charge in [0.05, 0.1) is 19.4 Å². The fraction of sp³-hybridized carbons (Fsp3) is 0.500. The highest BCUT2D eigenvalue weighted by Gasteiger charge is 2.48. The highest BCUT2D eigenvalue weighted by Crippen LogP contribution is 2.49. The van der Waals surface area contributed by atoms with Crippen LogP contribution in [0.1, 0.15) is 47.7 Å². The summed E-state index contributed by atoms with van der Waals surface area (Å²) < 4.78 is 10.9. The molecule has 30 heavy (non-hydrogen) atoms. The predicted molar refractivity (Wildman–Crippen MR) is 114 cm³/mol. The first-order valence-electron chi connectivity index (χ1n) is 10.8. The molecule has 2 heterocycles. The number of rotatable bonds is 3. The summed E-state index contributed by atoms with van der Waals surface area (Å²) in [7, 11) is 1.66. The molecule has 1 saturated heterocycles. The van der Waals surface area contributed by atoms with Gasteiger partial charge in [-0.3, -0.25) is 4.98 Å². The number of nitrogens with zero attached hydrogens (tertiary/aromatic N) is 2. The quantitative estimate of drug-likeness (QED) is 0.837. The second-order valence-corrected chi connectivity index (χ2v) is 8.24. The van der Waals surface area contributed by atoms with Crippen LogP contribution in [-0.4, -0.2) is 47.9 Å². The van der Waals surface area contributed by atoms with E-state index in [4.69, 9.17) is 9.47 Å². The number of hydrogen-bond donors (Lipinski definition) is 1. The van der Waals surface area contributed by atoms with Crippen LogP contribution in [-0.2, 0) is 23.2 Å². The van der Waals surface area contributed by atoms with E-state index in [0.29, 0.717) is 38.3 Å². The number of benzene rings is 1. The molecule has 2 aliphatic rings. The number of carbonyl (C=O) groups is 1. The third-order valence-corrected chi connectivity index (χ3v) is 6.46. The summed E-state index contributed by atoms with van der Waals surface area (Å²) in [6, 6.07) is 8.14. The number of hydrogen-bond acceptors (Lipinski definition) is 5. The van der Waals surface area contributed by atoms with Crippen molar-refractivity contribution >= 4 is 6.09 Å². The van der Waals surface area contributed by atoms with Gasteiger partial charge >= 0.3 is 6.09 Å². The molecule has 1 N–H and O–H groups in total. The highest BCUT2D eigenvalue weighted by molar-refractivity contribution is 5.67. The number of amides is 1. The Labute approximate surface area is 177 Å². The number of likely N-dealkylation sites (tertiary alicyclic amines) is 1. The second kappa shape index (κ2) is 8.26. The Morgan fingerprint density at radius 3 is 2.70 bits per heavy atom. The fourth-order valence-corrected chi connectivity index (χ4v) is 5.08. The number of carbonyl (C=O) groups excluding carboxylic acids is 1. The van der Waals surface area contributed by atoms with Gasteiger partial charge in [0, 0.05) is 30.8 Å². The average Bonchev–Trinajstić information content (AvgIpc) is 2.89. The predicted octanol–water partition coefficient (Wildman–Crippen LogP) is 3.60. The van der Waals surface area contributed by atoms with Gasteiger partial charge in [-0.15, -0.1) is 0 Å². The van der Waals surface area contributed by atoms with Crippen molar-refractivity contribution in [2.45, 2.75) is 45.1 Å². The lowest BCUT2D eigenvalue weighted by Gasteiger charge is -2.42. The van der Waals surface area contributed by atoms with E-state index in [0.717, 1.165) is 40.8 Å². The van der Waals surface area contributed by atoms with Gasteiger partial charge in [0.2, 0.25) is 0 Å². The number of aliphatic hydroxyl groups is 1. The lowest BCUT2D eigenvalue weighted by Crippen LogP contribution is -2.47. The van der Waals surface area contributed by atoms with Gasteiger partial charge in [0.15, 0.2) is 0 Å². The number of fused-ring (bicyclic) bond motifs is 2. The summed E-state index contributed by atoms with van der Waals surface area (Å²) in [5, 5.41) is 12.4. The fourth-order valence-electron chi connectivity index (χ4n) is 5.08. The van der Waals surface area contributed by atoms with Crippen molar-refractivity contribution < 1.29 is 19.4 Å². The molecular weight excluding hydrogens is 380 g/mol. The van der Waals surface area contributed by atoms with Crippen molar-refractivity contribution in [1.82, 2.24) is 9.88 Å². The van der Waals surface area contributed by atoms with Crippen LogP contribution in [0.3, 0.4) is 0 Å². The summed E-state index contributed by atoms with van der Waals surface area (Å²) in [6.07, 6.45) is 4.46. The van der Waals surface area contributed by atoms with Crippen molar-refractivity contribution in [3.63, 3.8) is 0 Å². The molecule has 1 aromatic heterocycles. The molecular formula is C24H30N2O4. The van der Waals surface area contributed by atoms with E-state index < -0.39 is 5.60 Å². The Morgan fingerprint density at radius 1 is 1.27 bits per heavy atom. The maximum Gasteiger partial charge on any atom is 0.409 e. The third kappa shape index (κ3) is 3.43. The Bertz CT molecular complexity index is 937. The largest absolute Gasteiger partial charge is 0.496 e. The van der Waals surface area contributed by atoms with Crippen molar-refractivity contribution in [2.24, 2.45) is 5.92 Å². The summed E-state index contributed by atoms with van der Waals surface area (Å²) in [6.45, 7) is 5.33. The monoisotopic (exact) mass is 410 g/mol. The minimum absolute atomic E-state index is 0.0784. The molecule has 2 aromatic rings. The molecule has 0 spiro atoms. The third-order valence-electron chi connectivity index (χ3n) is 6.46. The van der Waals surface area contributed by atoms with Gasteiger partial charge in [-0.1, -0.05) is 12.1 Å². The van der Waals surface area contributed by atoms with Crippen LogP contribution >= 0.6 is 0 Å². The van der Waals surface area contributed by atoms with Crippen LogP contribution in [0.5, 0.6) is 5.75 Å². The Kier molecular flexibility index (Phi) is 5.69. The minimum atomic E-state index is -1.26. The molecule has 4 rings (SSSR count). The summed E-state index contributed by atoms with van der Waals surface area (Å²) >= 11 is 0. The summed E-state index contributed by atoms with van der Waals surface area (Å²) in [5.41, 5.74) is 3.60. The van der Waals surface area contributed by atoms with Crippen molar-refractivity contribution in [3.8, 4) is 5.75 Å². The van der Waals surface area contributed by atoms with Gasteiger partial charge in [0.25, 0.3) is 0 Å². The SMILES string of the molecule is CCOC(=O)N1CCC(C2(O)c3ncccc3CCc3cc(C)cc(OC)c32)CC1. The van der Waals surface area contributed by atoms with Crippen molar-refractivity contribution in [3.05, 3.63) is 58.4 Å². The topological polar surface area (TPSA) is 71.9 Å². The molecule has 1 amide bonds. The van der Waals surface area contributed by atoms with E-state index in [2.05, 4.69) is 24.0 Å². The number of aryl methyl sites for hydroxylation is 3. The number of aromatic nitrogens is 1. The minimum Gasteiger partial charge on any atom is -0.496 e. The molecule has 6 heteroatoms. The smallest absolute Gasteiger partial charge is 0.409 e. The normalized spacial score (nSPS) is 21.4. The lowest BCUT2D eigenvalue weighted by molar-refractivity contribution is -0.0192. The standard InChI is InChI=1S/C24H30N2O4/c1-4-30-23(27)26-12-9-19(10-13-26)24(28)21-18(14-16(2)15-20(21)29-3)8-7-17-6-5-11-25-22(17)24/h5-6,11,14-15,19,28H,4,7-10,12-13H2,1-3H3. The Balaban J connectivity index is 1.79. The van der Waals surface area contributed by atoms with Crippen LogP contribution in [0.15, 0.2) is 30.5 Å². The van der Waals surface area contributed by atoms with Gasteiger partial charge in [-0.05, 0) is 68.4 Å². The second-order valence-electron chi connectivity index (χ2n) is 8.24. The molecule has 1 unspecified atom stereocenters. The zero-order valence-electron chi connectivity index (χ0n) is 18.0. The van der Waals surface area contributed by atoms with Crippen LogP contribution in [0.25, 0.3) is 0 Å². The van der Waals surface area contributed by atoms with E-state index in [9.17, 15) is 9.90 Å². The average molecular weight is 411 g/mol. The van der Waals surface area contributed by atoms with E-state index in [1.54, 1.807) is 18.2 Å². The van der Waals surface area contributed by atoms with Gasteiger partial charge in [-0.25, -0.2) is 4.79 Å². The van der Waals surface area contributed by atoms with E-state index >= 15 is 0 Å². The molecule has 1 aliphatic heterocycles. The molecule has 6 nitrogen and oxygen atoms in total. The Morgan fingerprint density at radius 2 is 2.00 bits per heavy atom. The molecule has 0 bridgehead atoms. The first-order chi connectivity index (χ1) is 14.5. The van der Waals surface area contributed by atoms with Gasteiger partial charge in [0.1, 0.15) is 11.4 Å². The number of piperidine rings is 1. The molecule has 0 radical (unpaired) electrons. The number of ether oxygens (including phenoxy) is 2. The molecule has 1 fully saturated rings. The first kappa shape index (κ1) is 20.7. The number of methoxy groups -OCH3 is 1. The molecule has 1 atom stereocenters.